The molecule has 30 valence electrons. The average Bonchev–Trinajstić information content (AvgIpc) is 2.12. The van der Waals surface area contributed by atoms with Crippen molar-refractivity contribution in [1.82, 2.24) is 0 Å². The van der Waals surface area contributed by atoms with E-state index >= 15 is 0 Å². The van der Waals surface area contributed by atoms with E-state index < -0.39 is 0 Å². The van der Waals surface area contributed by atoms with Crippen LogP contribution < -0.4 is 24.0 Å². The van der Waals surface area contributed by atoms with Gasteiger partial charge in [-0.05, 0) is 0 Å². The summed E-state index contributed by atoms with van der Waals surface area (Å²) in [4.78, 5) is 0. The van der Waals surface area contributed by atoms with Crippen molar-refractivity contribution in [3.63, 3.8) is 0 Å². The van der Waals surface area contributed by atoms with E-state index in [-0.39, 0.29) is 25.5 Å². The second-order valence-corrected chi connectivity index (χ2v) is 1.61. The Bertz CT molecular complexity index is 34.5. The van der Waals surface area contributed by atoms with Crippen molar-refractivity contribution in [3.8, 4) is 0 Å². The van der Waals surface area contributed by atoms with Crippen LogP contribution in [-0.2, 0) is 0 Å². The van der Waals surface area contributed by atoms with E-state index in [0.29, 0.717) is 5.92 Å². The van der Waals surface area contributed by atoms with Gasteiger partial charge in [0.15, 0.2) is 0 Å². The van der Waals surface area contributed by atoms with E-state index in [2.05, 4.69) is 0 Å². The zero-order chi connectivity index (χ0) is 3.70. The Morgan fingerprint density at radius 3 is 2.00 bits per heavy atom. The van der Waals surface area contributed by atoms with Crippen molar-refractivity contribution in [2.75, 3.05) is 6.61 Å². The van der Waals surface area contributed by atoms with E-state index in [4.69, 9.17) is 0 Å². The molecular formula is C4H7LiO. The maximum absolute atomic E-state index is 9.69. The van der Waals surface area contributed by atoms with Crippen molar-refractivity contribution < 1.29 is 24.0 Å². The van der Waals surface area contributed by atoms with E-state index in [1.54, 1.807) is 0 Å². The molecule has 1 aliphatic carbocycles. The second-order valence-electron chi connectivity index (χ2n) is 1.61. The minimum absolute atomic E-state index is 0. The molecule has 1 fully saturated rings. The van der Waals surface area contributed by atoms with Crippen LogP contribution in [0.5, 0.6) is 0 Å². The Kier molecular flexibility index (Phi) is 2.93. The van der Waals surface area contributed by atoms with Gasteiger partial charge in [-0.15, -0.1) is 6.61 Å². The number of rotatable bonds is 1. The van der Waals surface area contributed by atoms with Gasteiger partial charge in [-0.3, -0.25) is 0 Å². The van der Waals surface area contributed by atoms with Crippen LogP contribution in [0.1, 0.15) is 12.8 Å². The van der Waals surface area contributed by atoms with Crippen LogP contribution in [0.3, 0.4) is 0 Å². The average molecular weight is 78.0 g/mol. The molecule has 1 aliphatic rings. The number of hydrogen-bond acceptors (Lipinski definition) is 1. The molecule has 6 heavy (non-hydrogen) atoms. The molecule has 0 atom stereocenters. The fourth-order valence-electron chi connectivity index (χ4n) is 0.285. The zero-order valence-corrected chi connectivity index (χ0v) is 4.11. The van der Waals surface area contributed by atoms with Crippen molar-refractivity contribution in [3.05, 3.63) is 0 Å². The van der Waals surface area contributed by atoms with E-state index in [9.17, 15) is 5.11 Å². The molecule has 0 heterocycles. The molecule has 0 bridgehead atoms. The van der Waals surface area contributed by atoms with Gasteiger partial charge in [0.1, 0.15) is 0 Å². The maximum Gasteiger partial charge on any atom is 1.00 e. The van der Waals surface area contributed by atoms with Crippen molar-refractivity contribution in [1.29, 1.82) is 0 Å². The first kappa shape index (κ1) is 6.56. The smallest absolute Gasteiger partial charge is 0.854 e. The van der Waals surface area contributed by atoms with E-state index in [1.807, 2.05) is 0 Å². The van der Waals surface area contributed by atoms with Gasteiger partial charge in [0.05, 0.1) is 0 Å². The molecule has 0 aliphatic heterocycles. The Morgan fingerprint density at radius 1 is 1.50 bits per heavy atom. The molecule has 0 unspecified atom stereocenters. The monoisotopic (exact) mass is 78.1 g/mol. The molecule has 1 nitrogen and oxygen atoms in total. The van der Waals surface area contributed by atoms with Crippen molar-refractivity contribution >= 4 is 0 Å². The fraction of sp³-hybridized carbons (Fsp3) is 1.00. The minimum atomic E-state index is 0. The molecule has 1 saturated carbocycles. The normalized spacial score (nSPS) is 19.5. The predicted octanol–water partition coefficient (Wildman–Crippen LogP) is -3.24. The van der Waals surface area contributed by atoms with Gasteiger partial charge < -0.3 is 5.11 Å². The SMILES string of the molecule is [Li+].[O-]CC1CC1. The molecule has 0 radical (unpaired) electrons. The summed E-state index contributed by atoms with van der Waals surface area (Å²) in [5, 5.41) is 9.69. The topological polar surface area (TPSA) is 23.1 Å². The van der Waals surface area contributed by atoms with Gasteiger partial charge in [-0.25, -0.2) is 0 Å². The van der Waals surface area contributed by atoms with E-state index in [1.165, 1.54) is 12.8 Å². The first-order chi connectivity index (χ1) is 2.43. The largest absolute Gasteiger partial charge is 1.00 e. The predicted molar refractivity (Wildman–Crippen MR) is 17.6 cm³/mol. The van der Waals surface area contributed by atoms with Gasteiger partial charge in [-0.2, -0.15) is 0 Å². The first-order valence-corrected chi connectivity index (χ1v) is 2.01. The number of hydrogen-bond donors (Lipinski definition) is 0. The van der Waals surface area contributed by atoms with Crippen LogP contribution in [0.2, 0.25) is 0 Å². The fourth-order valence-corrected chi connectivity index (χ4v) is 0.285. The molecular weight excluding hydrogens is 71.0 g/mol. The molecule has 0 N–H and O–H groups in total. The van der Waals surface area contributed by atoms with Crippen LogP contribution in [-0.4, -0.2) is 6.61 Å². The second kappa shape index (κ2) is 2.68. The quantitative estimate of drug-likeness (QED) is 0.302. The van der Waals surface area contributed by atoms with Crippen LogP contribution in [0.15, 0.2) is 0 Å². The Morgan fingerprint density at radius 2 is 2.00 bits per heavy atom. The standard InChI is InChI=1S/C4H7O.Li/c5-3-4-1-2-4;/h4H,1-3H2;/q-1;+1. The van der Waals surface area contributed by atoms with Gasteiger partial charge in [0, 0.05) is 0 Å². The molecule has 0 amide bonds. The molecule has 0 aromatic rings. The summed E-state index contributed by atoms with van der Waals surface area (Å²) in [6.07, 6.45) is 2.40. The summed E-state index contributed by atoms with van der Waals surface area (Å²) in [7, 11) is 0. The third-order valence-electron chi connectivity index (χ3n) is 0.933. The summed E-state index contributed by atoms with van der Waals surface area (Å²) < 4.78 is 0. The van der Waals surface area contributed by atoms with Gasteiger partial charge in [-0.1, -0.05) is 18.8 Å². The molecule has 1 rings (SSSR count). The van der Waals surface area contributed by atoms with E-state index in [0.717, 1.165) is 0 Å². The van der Waals surface area contributed by atoms with Crippen LogP contribution in [0.25, 0.3) is 0 Å². The summed E-state index contributed by atoms with van der Waals surface area (Å²) in [6.45, 7) is 0.167. The summed E-state index contributed by atoms with van der Waals surface area (Å²) in [5.41, 5.74) is 0. The Labute approximate surface area is 49.9 Å². The third-order valence-corrected chi connectivity index (χ3v) is 0.933. The molecule has 0 aromatic heterocycles. The summed E-state index contributed by atoms with van der Waals surface area (Å²) in [6, 6.07) is 0. The summed E-state index contributed by atoms with van der Waals surface area (Å²) >= 11 is 0. The van der Waals surface area contributed by atoms with Crippen LogP contribution >= 0.6 is 0 Å². The first-order valence-electron chi connectivity index (χ1n) is 2.01. The summed E-state index contributed by atoms with van der Waals surface area (Å²) in [5.74, 6) is 0.579. The van der Waals surface area contributed by atoms with Gasteiger partial charge in [0.25, 0.3) is 0 Å². The van der Waals surface area contributed by atoms with Gasteiger partial charge >= 0.3 is 18.9 Å². The zero-order valence-electron chi connectivity index (χ0n) is 4.11. The Hall–Kier alpha value is 0.557. The molecule has 0 aromatic carbocycles. The van der Waals surface area contributed by atoms with Crippen molar-refractivity contribution in [2.24, 2.45) is 5.92 Å². The minimum Gasteiger partial charge on any atom is -0.854 e. The molecule has 0 spiro atoms. The van der Waals surface area contributed by atoms with Crippen LogP contribution in [0.4, 0.5) is 0 Å². The molecule has 2 heteroatoms. The third kappa shape index (κ3) is 1.87. The Balaban J connectivity index is 0.000000250. The molecule has 0 saturated heterocycles. The van der Waals surface area contributed by atoms with Crippen LogP contribution in [0, 0.1) is 5.92 Å². The van der Waals surface area contributed by atoms with Gasteiger partial charge in [0.2, 0.25) is 0 Å². The van der Waals surface area contributed by atoms with Crippen molar-refractivity contribution in [2.45, 2.75) is 12.8 Å². The maximum atomic E-state index is 9.69.